The maximum Gasteiger partial charge on any atom is 0.0600 e. The maximum absolute atomic E-state index is 10.1. The first-order chi connectivity index (χ1) is 8.97. The first-order valence-electron chi connectivity index (χ1n) is 7.42. The Morgan fingerprint density at radius 2 is 1.95 bits per heavy atom. The summed E-state index contributed by atoms with van der Waals surface area (Å²) in [6, 6.07) is 10.8. The fourth-order valence-corrected chi connectivity index (χ4v) is 2.77. The molecule has 0 aliphatic carbocycles. The third-order valence-electron chi connectivity index (χ3n) is 4.26. The van der Waals surface area contributed by atoms with Crippen molar-refractivity contribution in [3.8, 4) is 0 Å². The van der Waals surface area contributed by atoms with E-state index in [0.717, 1.165) is 26.1 Å². The van der Waals surface area contributed by atoms with Gasteiger partial charge >= 0.3 is 0 Å². The van der Waals surface area contributed by atoms with Gasteiger partial charge in [-0.15, -0.1) is 0 Å². The topological polar surface area (TPSA) is 23.5 Å². The first-order valence-corrected chi connectivity index (χ1v) is 7.42. The third-order valence-corrected chi connectivity index (χ3v) is 4.26. The van der Waals surface area contributed by atoms with Gasteiger partial charge in [-0.1, -0.05) is 51.1 Å². The Bertz CT molecular complexity index is 382. The van der Waals surface area contributed by atoms with Gasteiger partial charge < -0.3 is 10.0 Å². The van der Waals surface area contributed by atoms with Crippen molar-refractivity contribution in [2.45, 2.75) is 45.6 Å². The molecule has 1 aromatic rings. The lowest BCUT2D eigenvalue weighted by atomic mass is 9.87. The fourth-order valence-electron chi connectivity index (χ4n) is 2.77. The lowest BCUT2D eigenvalue weighted by Gasteiger charge is -2.27. The van der Waals surface area contributed by atoms with Crippen molar-refractivity contribution < 1.29 is 5.11 Å². The molecule has 1 aliphatic rings. The van der Waals surface area contributed by atoms with E-state index in [1.807, 2.05) is 0 Å². The molecule has 2 rings (SSSR count). The van der Waals surface area contributed by atoms with Crippen LogP contribution >= 0.6 is 0 Å². The lowest BCUT2D eigenvalue weighted by molar-refractivity contribution is 0.0476. The van der Waals surface area contributed by atoms with Crippen LogP contribution in [-0.2, 0) is 0 Å². The molecule has 1 heterocycles. The largest absolute Gasteiger partial charge is 0.393 e. The maximum atomic E-state index is 10.1. The van der Waals surface area contributed by atoms with Crippen LogP contribution in [0.15, 0.2) is 30.3 Å². The third kappa shape index (κ3) is 4.05. The second kappa shape index (κ2) is 6.06. The number of nitrogens with zero attached hydrogens (tertiary/aromatic N) is 1. The monoisotopic (exact) mass is 261 g/mol. The first kappa shape index (κ1) is 14.5. The van der Waals surface area contributed by atoms with Crippen LogP contribution in [0.4, 0.5) is 0 Å². The van der Waals surface area contributed by atoms with Crippen LogP contribution in [0.3, 0.4) is 0 Å². The van der Waals surface area contributed by atoms with Crippen LogP contribution < -0.4 is 0 Å². The smallest absolute Gasteiger partial charge is 0.0600 e. The van der Waals surface area contributed by atoms with Crippen molar-refractivity contribution in [3.63, 3.8) is 0 Å². The summed E-state index contributed by atoms with van der Waals surface area (Å²) in [6.45, 7) is 9.64. The van der Waals surface area contributed by atoms with Gasteiger partial charge in [0.25, 0.3) is 0 Å². The average Bonchev–Trinajstić information content (AvgIpc) is 2.84. The fraction of sp³-hybridized carbons (Fsp3) is 0.647. The molecule has 1 saturated heterocycles. The number of benzene rings is 1. The van der Waals surface area contributed by atoms with Gasteiger partial charge in [-0.3, -0.25) is 0 Å². The minimum atomic E-state index is -0.205. The van der Waals surface area contributed by atoms with Gasteiger partial charge in [-0.2, -0.15) is 0 Å². The molecular weight excluding hydrogens is 234 g/mol. The highest BCUT2D eigenvalue weighted by Crippen LogP contribution is 2.28. The summed E-state index contributed by atoms with van der Waals surface area (Å²) < 4.78 is 0. The number of hydrogen-bond donors (Lipinski definition) is 1. The molecule has 0 spiro atoms. The summed E-state index contributed by atoms with van der Waals surface area (Å²) in [7, 11) is 0. The Labute approximate surface area is 117 Å². The summed E-state index contributed by atoms with van der Waals surface area (Å²) in [5.41, 5.74) is 1.46. The molecule has 1 aliphatic heterocycles. The van der Waals surface area contributed by atoms with Crippen molar-refractivity contribution in [1.82, 2.24) is 4.90 Å². The molecule has 2 atom stereocenters. The number of rotatable bonds is 4. The Kier molecular flexibility index (Phi) is 4.64. The normalized spacial score (nSPS) is 22.6. The predicted molar refractivity (Wildman–Crippen MR) is 80.3 cm³/mol. The zero-order valence-corrected chi connectivity index (χ0v) is 12.5. The van der Waals surface area contributed by atoms with Crippen molar-refractivity contribution in [2.24, 2.45) is 5.41 Å². The summed E-state index contributed by atoms with van der Waals surface area (Å²) in [4.78, 5) is 2.49. The molecule has 1 fully saturated rings. The molecule has 2 heteroatoms. The summed E-state index contributed by atoms with van der Waals surface area (Å²) in [5.74, 6) is 0.674. The van der Waals surface area contributed by atoms with Crippen LogP contribution in [0.5, 0.6) is 0 Å². The summed E-state index contributed by atoms with van der Waals surface area (Å²) in [6.07, 6.45) is 1.92. The second-order valence-corrected chi connectivity index (χ2v) is 6.87. The van der Waals surface area contributed by atoms with Crippen molar-refractivity contribution in [3.05, 3.63) is 35.9 Å². The van der Waals surface area contributed by atoms with E-state index in [1.54, 1.807) is 0 Å². The van der Waals surface area contributed by atoms with Crippen LogP contribution in [0, 0.1) is 5.41 Å². The van der Waals surface area contributed by atoms with Crippen LogP contribution in [0.2, 0.25) is 0 Å². The van der Waals surface area contributed by atoms with E-state index in [2.05, 4.69) is 56.0 Å². The average molecular weight is 261 g/mol. The quantitative estimate of drug-likeness (QED) is 0.899. The summed E-state index contributed by atoms with van der Waals surface area (Å²) in [5, 5.41) is 10.1. The molecular formula is C17H27NO. The highest BCUT2D eigenvalue weighted by molar-refractivity contribution is 5.20. The predicted octanol–water partition coefficient (Wildman–Crippen LogP) is 3.27. The molecule has 1 N–H and O–H groups in total. The van der Waals surface area contributed by atoms with E-state index >= 15 is 0 Å². The highest BCUT2D eigenvalue weighted by Gasteiger charge is 2.26. The molecule has 1 aromatic carbocycles. The van der Waals surface area contributed by atoms with Crippen molar-refractivity contribution in [2.75, 3.05) is 19.6 Å². The van der Waals surface area contributed by atoms with E-state index in [0.29, 0.717) is 5.92 Å². The standard InChI is InChI=1S/C17H27NO/c1-17(2,3)16(19)10-12-18-11-9-15(13-18)14-7-5-4-6-8-14/h4-8,15-16,19H,9-13H2,1-3H3. The molecule has 2 unspecified atom stereocenters. The van der Waals surface area contributed by atoms with Gasteiger partial charge in [0, 0.05) is 13.1 Å². The van der Waals surface area contributed by atoms with Crippen molar-refractivity contribution in [1.29, 1.82) is 0 Å². The van der Waals surface area contributed by atoms with E-state index in [-0.39, 0.29) is 11.5 Å². The van der Waals surface area contributed by atoms with Gasteiger partial charge in [-0.25, -0.2) is 0 Å². The number of aliphatic hydroxyl groups is 1. The Morgan fingerprint density at radius 3 is 2.58 bits per heavy atom. The zero-order valence-electron chi connectivity index (χ0n) is 12.5. The van der Waals surface area contributed by atoms with Crippen molar-refractivity contribution >= 4 is 0 Å². The molecule has 0 bridgehead atoms. The minimum Gasteiger partial charge on any atom is -0.393 e. The van der Waals surface area contributed by atoms with Gasteiger partial charge in [0.05, 0.1) is 6.10 Å². The minimum absolute atomic E-state index is 0.00143. The van der Waals surface area contributed by atoms with Gasteiger partial charge in [0.1, 0.15) is 0 Å². The second-order valence-electron chi connectivity index (χ2n) is 6.87. The van der Waals surface area contributed by atoms with E-state index in [9.17, 15) is 5.11 Å². The molecule has 0 aromatic heterocycles. The van der Waals surface area contributed by atoms with Crippen LogP contribution in [-0.4, -0.2) is 35.7 Å². The lowest BCUT2D eigenvalue weighted by Crippen LogP contribution is -2.31. The van der Waals surface area contributed by atoms with Crippen LogP contribution in [0.25, 0.3) is 0 Å². The molecule has 0 amide bonds. The zero-order chi connectivity index (χ0) is 13.9. The number of likely N-dealkylation sites (tertiary alicyclic amines) is 1. The number of aliphatic hydroxyl groups excluding tert-OH is 1. The summed E-state index contributed by atoms with van der Waals surface area (Å²) >= 11 is 0. The molecule has 106 valence electrons. The molecule has 19 heavy (non-hydrogen) atoms. The van der Waals surface area contributed by atoms with E-state index in [1.165, 1.54) is 12.0 Å². The molecule has 0 saturated carbocycles. The van der Waals surface area contributed by atoms with E-state index < -0.39 is 0 Å². The SMILES string of the molecule is CC(C)(C)C(O)CCN1CCC(c2ccccc2)C1. The van der Waals surface area contributed by atoms with E-state index in [4.69, 9.17) is 0 Å². The molecule has 2 nitrogen and oxygen atoms in total. The highest BCUT2D eigenvalue weighted by atomic mass is 16.3. The van der Waals surface area contributed by atoms with Crippen LogP contribution in [0.1, 0.15) is 45.1 Å². The molecule has 0 radical (unpaired) electrons. The van der Waals surface area contributed by atoms with Gasteiger partial charge in [0.2, 0.25) is 0 Å². The number of hydrogen-bond acceptors (Lipinski definition) is 2. The Balaban J connectivity index is 1.80. The Morgan fingerprint density at radius 1 is 1.26 bits per heavy atom. The van der Waals surface area contributed by atoms with Gasteiger partial charge in [0.15, 0.2) is 0 Å². The Hall–Kier alpha value is -0.860. The van der Waals surface area contributed by atoms with Gasteiger partial charge in [-0.05, 0) is 36.3 Å².